The maximum absolute atomic E-state index is 13.7. The van der Waals surface area contributed by atoms with Crippen molar-refractivity contribution in [1.82, 2.24) is 5.32 Å². The summed E-state index contributed by atoms with van der Waals surface area (Å²) in [4.78, 5) is 12.0. The van der Waals surface area contributed by atoms with Gasteiger partial charge in [0.15, 0.2) is 0 Å². The van der Waals surface area contributed by atoms with Gasteiger partial charge in [-0.3, -0.25) is 4.79 Å². The Labute approximate surface area is 148 Å². The number of hydrogen-bond donors (Lipinski definition) is 2. The lowest BCUT2D eigenvalue weighted by Gasteiger charge is -2.17. The number of amides is 1. The van der Waals surface area contributed by atoms with E-state index in [0.29, 0.717) is 5.02 Å². The van der Waals surface area contributed by atoms with Crippen LogP contribution in [-0.2, 0) is 4.79 Å². The van der Waals surface area contributed by atoms with Gasteiger partial charge in [-0.25, -0.2) is 4.39 Å². The molecule has 0 unspecified atom stereocenters. The Morgan fingerprint density at radius 2 is 1.96 bits per heavy atom. The summed E-state index contributed by atoms with van der Waals surface area (Å²) in [6, 6.07) is 12.1. The van der Waals surface area contributed by atoms with E-state index in [1.165, 1.54) is 18.2 Å². The first-order valence-corrected chi connectivity index (χ1v) is 8.40. The quantitative estimate of drug-likeness (QED) is 0.724. The zero-order valence-corrected chi connectivity index (χ0v) is 14.9. The number of carbonyl (C=O) groups is 1. The molecule has 6 heteroatoms. The fourth-order valence-electron chi connectivity index (χ4n) is 2.19. The van der Waals surface area contributed by atoms with Crippen LogP contribution in [0.25, 0.3) is 0 Å². The van der Waals surface area contributed by atoms with E-state index in [2.05, 4.69) is 26.6 Å². The van der Waals surface area contributed by atoms with Gasteiger partial charge in [0.05, 0.1) is 12.2 Å². The molecule has 0 saturated carbocycles. The third-order valence-electron chi connectivity index (χ3n) is 3.39. The first-order valence-electron chi connectivity index (χ1n) is 7.23. The summed E-state index contributed by atoms with van der Waals surface area (Å²) in [6.07, 6.45) is 0.838. The van der Waals surface area contributed by atoms with Crippen molar-refractivity contribution in [2.45, 2.75) is 19.4 Å². The van der Waals surface area contributed by atoms with Crippen molar-refractivity contribution in [1.29, 1.82) is 0 Å². The molecular weight excluding hydrogens is 383 g/mol. The Hall–Kier alpha value is -1.43. The van der Waals surface area contributed by atoms with Crippen molar-refractivity contribution in [2.24, 2.45) is 0 Å². The summed E-state index contributed by atoms with van der Waals surface area (Å²) in [6.45, 7) is 2.13. The minimum Gasteiger partial charge on any atom is -0.322 e. The first-order chi connectivity index (χ1) is 11.0. The SMILES string of the molecule is CC[C@H](NCC(=O)Nc1ccc(Cl)cc1F)c1ccc(Br)cc1. The number of rotatable bonds is 6. The summed E-state index contributed by atoms with van der Waals surface area (Å²) in [5, 5.41) is 6.01. The van der Waals surface area contributed by atoms with Crippen LogP contribution in [0.2, 0.25) is 5.02 Å². The zero-order chi connectivity index (χ0) is 16.8. The first kappa shape index (κ1) is 17.9. The molecule has 2 aromatic carbocycles. The lowest BCUT2D eigenvalue weighted by Crippen LogP contribution is -2.31. The van der Waals surface area contributed by atoms with Gasteiger partial charge in [-0.1, -0.05) is 46.6 Å². The van der Waals surface area contributed by atoms with Crippen LogP contribution in [-0.4, -0.2) is 12.5 Å². The topological polar surface area (TPSA) is 41.1 Å². The number of carbonyl (C=O) groups excluding carboxylic acids is 1. The third-order valence-corrected chi connectivity index (χ3v) is 4.16. The van der Waals surface area contributed by atoms with Gasteiger partial charge in [0, 0.05) is 15.5 Å². The largest absolute Gasteiger partial charge is 0.322 e. The highest BCUT2D eigenvalue weighted by atomic mass is 79.9. The summed E-state index contributed by atoms with van der Waals surface area (Å²) in [5.74, 6) is -0.854. The van der Waals surface area contributed by atoms with E-state index >= 15 is 0 Å². The molecule has 2 aromatic rings. The highest BCUT2D eigenvalue weighted by Gasteiger charge is 2.12. The molecule has 0 fully saturated rings. The Morgan fingerprint density at radius 3 is 2.57 bits per heavy atom. The molecule has 0 radical (unpaired) electrons. The van der Waals surface area contributed by atoms with E-state index in [1.54, 1.807) is 0 Å². The molecule has 3 nitrogen and oxygen atoms in total. The second-order valence-corrected chi connectivity index (χ2v) is 6.42. The standard InChI is InChI=1S/C17H17BrClFN2O/c1-2-15(11-3-5-12(18)6-4-11)21-10-17(23)22-16-8-7-13(19)9-14(16)20/h3-9,15,21H,2,10H2,1H3,(H,22,23)/t15-/m0/s1. The summed E-state index contributed by atoms with van der Waals surface area (Å²) >= 11 is 9.08. The van der Waals surface area contributed by atoms with Crippen LogP contribution in [0, 0.1) is 5.82 Å². The van der Waals surface area contributed by atoms with Crippen LogP contribution in [0.4, 0.5) is 10.1 Å². The molecule has 23 heavy (non-hydrogen) atoms. The van der Waals surface area contributed by atoms with Gasteiger partial charge >= 0.3 is 0 Å². The van der Waals surface area contributed by atoms with E-state index in [0.717, 1.165) is 16.5 Å². The van der Waals surface area contributed by atoms with Crippen molar-refractivity contribution < 1.29 is 9.18 Å². The summed E-state index contributed by atoms with van der Waals surface area (Å²) in [7, 11) is 0. The molecule has 0 aliphatic rings. The lowest BCUT2D eigenvalue weighted by molar-refractivity contribution is -0.115. The van der Waals surface area contributed by atoms with Crippen LogP contribution in [0.15, 0.2) is 46.9 Å². The van der Waals surface area contributed by atoms with Crippen LogP contribution in [0.5, 0.6) is 0 Å². The molecule has 2 N–H and O–H groups in total. The minimum atomic E-state index is -0.550. The molecule has 2 rings (SSSR count). The molecule has 122 valence electrons. The van der Waals surface area contributed by atoms with Gasteiger partial charge in [-0.2, -0.15) is 0 Å². The predicted octanol–water partition coefficient (Wildman–Crippen LogP) is 4.92. The van der Waals surface area contributed by atoms with E-state index < -0.39 is 5.82 Å². The minimum absolute atomic E-state index is 0.0592. The van der Waals surface area contributed by atoms with Gasteiger partial charge in [0.1, 0.15) is 5.82 Å². The average Bonchev–Trinajstić information content (AvgIpc) is 2.52. The predicted molar refractivity (Wildman–Crippen MR) is 95.2 cm³/mol. The van der Waals surface area contributed by atoms with E-state index in [1.807, 2.05) is 31.2 Å². The number of nitrogens with one attached hydrogen (secondary N) is 2. The fourth-order valence-corrected chi connectivity index (χ4v) is 2.62. The molecule has 0 spiro atoms. The van der Waals surface area contributed by atoms with E-state index in [-0.39, 0.29) is 24.2 Å². The molecular formula is C17H17BrClFN2O. The van der Waals surface area contributed by atoms with Crippen LogP contribution < -0.4 is 10.6 Å². The van der Waals surface area contributed by atoms with Crippen molar-refractivity contribution >= 4 is 39.1 Å². The molecule has 1 atom stereocenters. The molecule has 0 bridgehead atoms. The van der Waals surface area contributed by atoms with Crippen LogP contribution in [0.3, 0.4) is 0 Å². The Morgan fingerprint density at radius 1 is 1.26 bits per heavy atom. The second kappa shape index (κ2) is 8.43. The van der Waals surface area contributed by atoms with Crippen molar-refractivity contribution in [3.63, 3.8) is 0 Å². The van der Waals surface area contributed by atoms with Crippen molar-refractivity contribution in [2.75, 3.05) is 11.9 Å². The van der Waals surface area contributed by atoms with Crippen molar-refractivity contribution in [3.05, 3.63) is 63.3 Å². The lowest BCUT2D eigenvalue weighted by atomic mass is 10.0. The van der Waals surface area contributed by atoms with Crippen molar-refractivity contribution in [3.8, 4) is 0 Å². The maximum atomic E-state index is 13.7. The smallest absolute Gasteiger partial charge is 0.238 e. The number of benzene rings is 2. The third kappa shape index (κ3) is 5.30. The van der Waals surface area contributed by atoms with Crippen LogP contribution >= 0.6 is 27.5 Å². The molecule has 0 heterocycles. The number of halogens is 3. The number of anilines is 1. The fraction of sp³-hybridized carbons (Fsp3) is 0.235. The monoisotopic (exact) mass is 398 g/mol. The zero-order valence-electron chi connectivity index (χ0n) is 12.6. The van der Waals surface area contributed by atoms with Gasteiger partial charge in [0.25, 0.3) is 0 Å². The summed E-state index contributed by atoms with van der Waals surface area (Å²) < 4.78 is 14.7. The van der Waals surface area contributed by atoms with Gasteiger partial charge in [-0.05, 0) is 42.3 Å². The highest BCUT2D eigenvalue weighted by molar-refractivity contribution is 9.10. The molecule has 0 saturated heterocycles. The van der Waals surface area contributed by atoms with E-state index in [9.17, 15) is 9.18 Å². The molecule has 0 aliphatic carbocycles. The highest BCUT2D eigenvalue weighted by Crippen LogP contribution is 2.20. The molecule has 1 amide bonds. The molecule has 0 aliphatic heterocycles. The van der Waals surface area contributed by atoms with Gasteiger partial charge in [0.2, 0.25) is 5.91 Å². The van der Waals surface area contributed by atoms with Crippen LogP contribution in [0.1, 0.15) is 24.9 Å². The van der Waals surface area contributed by atoms with E-state index in [4.69, 9.17) is 11.6 Å². The second-order valence-electron chi connectivity index (χ2n) is 5.07. The Balaban J connectivity index is 1.93. The average molecular weight is 400 g/mol. The van der Waals surface area contributed by atoms with Gasteiger partial charge < -0.3 is 10.6 Å². The normalized spacial score (nSPS) is 12.0. The Kier molecular flexibility index (Phi) is 6.57. The number of hydrogen-bond acceptors (Lipinski definition) is 2. The Bertz CT molecular complexity index is 679. The van der Waals surface area contributed by atoms with Gasteiger partial charge in [-0.15, -0.1) is 0 Å². The maximum Gasteiger partial charge on any atom is 0.238 e. The molecule has 0 aromatic heterocycles. The summed E-state index contributed by atoms with van der Waals surface area (Å²) in [5.41, 5.74) is 1.22.